The van der Waals surface area contributed by atoms with Gasteiger partial charge in [-0.15, -0.1) is 0 Å². The van der Waals surface area contributed by atoms with Crippen molar-refractivity contribution in [2.75, 3.05) is 0 Å². The summed E-state index contributed by atoms with van der Waals surface area (Å²) in [6, 6.07) is 6.20. The summed E-state index contributed by atoms with van der Waals surface area (Å²) in [5, 5.41) is 12.4. The van der Waals surface area contributed by atoms with Crippen molar-refractivity contribution in [1.82, 2.24) is 5.43 Å². The van der Waals surface area contributed by atoms with Crippen molar-refractivity contribution in [3.05, 3.63) is 34.9 Å². The van der Waals surface area contributed by atoms with E-state index in [0.29, 0.717) is 6.42 Å². The number of hydrazone groups is 1. The molecule has 5 nitrogen and oxygen atoms in total. The highest BCUT2D eigenvalue weighted by Gasteiger charge is 2.09. The van der Waals surface area contributed by atoms with Gasteiger partial charge in [-0.25, -0.2) is 5.43 Å². The molecule has 5 heteroatoms. The van der Waals surface area contributed by atoms with Crippen molar-refractivity contribution in [1.29, 1.82) is 0 Å². The van der Waals surface area contributed by atoms with Crippen LogP contribution in [-0.2, 0) is 22.4 Å². The standard InChI is InChI=1S/C15H18N2O3/c18-14(5-2-6-15(19)20)17-16-10-11-7-8-12-3-1-4-13(12)9-11/h7-10H,1-6H2,(H,17,18)(H,19,20). The Labute approximate surface area is 117 Å². The summed E-state index contributed by atoms with van der Waals surface area (Å²) >= 11 is 0. The highest BCUT2D eigenvalue weighted by Crippen LogP contribution is 2.22. The fourth-order valence-corrected chi connectivity index (χ4v) is 2.31. The average molecular weight is 274 g/mol. The molecule has 0 spiro atoms. The summed E-state index contributed by atoms with van der Waals surface area (Å²) in [6.07, 6.45) is 5.58. The quantitative estimate of drug-likeness (QED) is 0.614. The molecular weight excluding hydrogens is 256 g/mol. The maximum absolute atomic E-state index is 11.4. The van der Waals surface area contributed by atoms with Crippen LogP contribution in [-0.4, -0.2) is 23.2 Å². The maximum Gasteiger partial charge on any atom is 0.303 e. The number of carboxylic acid groups (broad SMARTS) is 1. The third kappa shape index (κ3) is 4.19. The number of hydrogen-bond acceptors (Lipinski definition) is 3. The van der Waals surface area contributed by atoms with Gasteiger partial charge in [-0.1, -0.05) is 12.1 Å². The summed E-state index contributed by atoms with van der Waals surface area (Å²) in [4.78, 5) is 21.7. The van der Waals surface area contributed by atoms with Crippen LogP contribution in [0.15, 0.2) is 23.3 Å². The summed E-state index contributed by atoms with van der Waals surface area (Å²) in [5.74, 6) is -1.15. The van der Waals surface area contributed by atoms with E-state index in [1.165, 1.54) is 17.5 Å². The number of carbonyl (C=O) groups is 2. The zero-order valence-electron chi connectivity index (χ0n) is 11.3. The molecule has 0 bridgehead atoms. The highest BCUT2D eigenvalue weighted by molar-refractivity contribution is 5.83. The Morgan fingerprint density at radius 1 is 1.25 bits per heavy atom. The zero-order valence-corrected chi connectivity index (χ0v) is 11.3. The van der Waals surface area contributed by atoms with Gasteiger partial charge in [0.15, 0.2) is 0 Å². The van der Waals surface area contributed by atoms with Crippen LogP contribution in [0.4, 0.5) is 0 Å². The molecule has 1 aromatic rings. The molecule has 0 aliphatic heterocycles. The van der Waals surface area contributed by atoms with Gasteiger partial charge < -0.3 is 5.11 Å². The molecule has 2 N–H and O–H groups in total. The van der Waals surface area contributed by atoms with E-state index >= 15 is 0 Å². The number of benzene rings is 1. The molecule has 106 valence electrons. The maximum atomic E-state index is 11.4. The predicted octanol–water partition coefficient (Wildman–Crippen LogP) is 1.88. The number of nitrogens with zero attached hydrogens (tertiary/aromatic N) is 1. The molecule has 1 aliphatic carbocycles. The third-order valence-electron chi connectivity index (χ3n) is 3.32. The minimum atomic E-state index is -0.889. The van der Waals surface area contributed by atoms with Gasteiger partial charge in [0.25, 0.3) is 0 Å². The molecule has 0 fully saturated rings. The van der Waals surface area contributed by atoms with Crippen LogP contribution in [0, 0.1) is 0 Å². The Morgan fingerprint density at radius 3 is 2.85 bits per heavy atom. The van der Waals surface area contributed by atoms with Crippen molar-refractivity contribution in [3.63, 3.8) is 0 Å². The molecule has 0 unspecified atom stereocenters. The van der Waals surface area contributed by atoms with Crippen LogP contribution in [0.25, 0.3) is 0 Å². The fraction of sp³-hybridized carbons (Fsp3) is 0.400. The summed E-state index contributed by atoms with van der Waals surface area (Å²) < 4.78 is 0. The van der Waals surface area contributed by atoms with Gasteiger partial charge >= 0.3 is 5.97 Å². The molecule has 0 saturated carbocycles. The number of rotatable bonds is 6. The van der Waals surface area contributed by atoms with Crippen molar-refractivity contribution < 1.29 is 14.7 Å². The van der Waals surface area contributed by atoms with E-state index in [0.717, 1.165) is 18.4 Å². The first-order chi connectivity index (χ1) is 9.65. The lowest BCUT2D eigenvalue weighted by Gasteiger charge is -2.01. The molecule has 0 heterocycles. The lowest BCUT2D eigenvalue weighted by atomic mass is 10.1. The van der Waals surface area contributed by atoms with Gasteiger partial charge in [-0.2, -0.15) is 5.10 Å². The van der Waals surface area contributed by atoms with Crippen LogP contribution in [0.3, 0.4) is 0 Å². The minimum absolute atomic E-state index is 0.00194. The van der Waals surface area contributed by atoms with Gasteiger partial charge in [0.1, 0.15) is 0 Å². The Balaban J connectivity index is 1.78. The van der Waals surface area contributed by atoms with Crippen LogP contribution in [0.2, 0.25) is 0 Å². The molecule has 2 rings (SSSR count). The normalized spacial score (nSPS) is 13.4. The minimum Gasteiger partial charge on any atom is -0.481 e. The number of hydrogen-bond donors (Lipinski definition) is 2. The molecule has 0 saturated heterocycles. The second-order valence-corrected chi connectivity index (χ2v) is 4.92. The predicted molar refractivity (Wildman–Crippen MR) is 75.7 cm³/mol. The van der Waals surface area contributed by atoms with Crippen LogP contribution in [0.5, 0.6) is 0 Å². The monoisotopic (exact) mass is 274 g/mol. The third-order valence-corrected chi connectivity index (χ3v) is 3.32. The second-order valence-electron chi connectivity index (χ2n) is 4.92. The van der Waals surface area contributed by atoms with E-state index in [4.69, 9.17) is 5.11 Å². The Morgan fingerprint density at radius 2 is 2.05 bits per heavy atom. The van der Waals surface area contributed by atoms with Crippen molar-refractivity contribution in [2.45, 2.75) is 38.5 Å². The van der Waals surface area contributed by atoms with Crippen LogP contribution >= 0.6 is 0 Å². The number of carboxylic acids is 1. The van der Waals surface area contributed by atoms with Gasteiger partial charge in [0, 0.05) is 12.8 Å². The molecule has 20 heavy (non-hydrogen) atoms. The van der Waals surface area contributed by atoms with E-state index in [2.05, 4.69) is 22.7 Å². The molecule has 0 radical (unpaired) electrons. The van der Waals surface area contributed by atoms with E-state index in [9.17, 15) is 9.59 Å². The number of aliphatic carboxylic acids is 1. The SMILES string of the molecule is O=C(O)CCCC(=O)NN=Cc1ccc2c(c1)CCC2. The Kier molecular flexibility index (Phi) is 4.87. The largest absolute Gasteiger partial charge is 0.481 e. The number of nitrogens with one attached hydrogen (secondary N) is 1. The Bertz CT molecular complexity index is 538. The molecule has 1 aliphatic rings. The molecule has 0 aromatic heterocycles. The van der Waals surface area contributed by atoms with Crippen molar-refractivity contribution >= 4 is 18.1 Å². The molecular formula is C15H18N2O3. The Hall–Kier alpha value is -2.17. The van der Waals surface area contributed by atoms with E-state index in [1.807, 2.05) is 6.07 Å². The van der Waals surface area contributed by atoms with E-state index in [1.54, 1.807) is 6.21 Å². The van der Waals surface area contributed by atoms with E-state index < -0.39 is 5.97 Å². The number of amides is 1. The fourth-order valence-electron chi connectivity index (χ4n) is 2.31. The molecule has 1 aromatic carbocycles. The van der Waals surface area contributed by atoms with Crippen LogP contribution in [0.1, 0.15) is 42.4 Å². The lowest BCUT2D eigenvalue weighted by Crippen LogP contribution is -2.17. The van der Waals surface area contributed by atoms with E-state index in [-0.39, 0.29) is 18.7 Å². The van der Waals surface area contributed by atoms with Crippen molar-refractivity contribution in [3.8, 4) is 0 Å². The first-order valence-corrected chi connectivity index (χ1v) is 6.80. The molecule has 1 amide bonds. The smallest absolute Gasteiger partial charge is 0.303 e. The van der Waals surface area contributed by atoms with Crippen LogP contribution < -0.4 is 5.43 Å². The summed E-state index contributed by atoms with van der Waals surface area (Å²) in [5.41, 5.74) is 6.14. The summed E-state index contributed by atoms with van der Waals surface area (Å²) in [6.45, 7) is 0. The number of aryl methyl sites for hydroxylation is 2. The van der Waals surface area contributed by atoms with Crippen molar-refractivity contribution in [2.24, 2.45) is 5.10 Å². The topological polar surface area (TPSA) is 78.8 Å². The molecule has 0 atom stereocenters. The van der Waals surface area contributed by atoms with Gasteiger partial charge in [-0.05, 0) is 48.4 Å². The lowest BCUT2D eigenvalue weighted by molar-refractivity contribution is -0.137. The second kappa shape index (κ2) is 6.84. The van der Waals surface area contributed by atoms with Gasteiger partial charge in [-0.3, -0.25) is 9.59 Å². The summed E-state index contributed by atoms with van der Waals surface area (Å²) in [7, 11) is 0. The number of carbonyl (C=O) groups excluding carboxylic acids is 1. The average Bonchev–Trinajstić information content (AvgIpc) is 2.85. The zero-order chi connectivity index (χ0) is 14.4. The first kappa shape index (κ1) is 14.2. The highest BCUT2D eigenvalue weighted by atomic mass is 16.4. The van der Waals surface area contributed by atoms with Gasteiger partial charge in [0.2, 0.25) is 5.91 Å². The number of fused-ring (bicyclic) bond motifs is 1. The van der Waals surface area contributed by atoms with Gasteiger partial charge in [0.05, 0.1) is 6.21 Å². The first-order valence-electron chi connectivity index (χ1n) is 6.80.